The smallest absolute Gasteiger partial charge is 0.0812 e. The molecule has 54 heavy (non-hydrogen) atoms. The monoisotopic (exact) mass is 823 g/mol. The Kier molecular flexibility index (Phi) is 22.3. The second-order valence-corrected chi connectivity index (χ2v) is 20.0. The minimum absolute atomic E-state index is 0.567. The first-order valence-corrected chi connectivity index (χ1v) is 25.1. The third kappa shape index (κ3) is 14.5. The van der Waals surface area contributed by atoms with E-state index in [1.165, 1.54) is 116 Å². The summed E-state index contributed by atoms with van der Waals surface area (Å²) in [6, 6.07) is 4.64. The molecule has 0 saturated carbocycles. The molecular weight excluding hydrogens is 755 g/mol. The fourth-order valence-corrected chi connectivity index (χ4v) is 12.5. The zero-order chi connectivity index (χ0) is 39.5. The summed E-state index contributed by atoms with van der Waals surface area (Å²) in [6.45, 7) is 27.2. The highest BCUT2D eigenvalue weighted by Gasteiger charge is 2.23. The summed E-state index contributed by atoms with van der Waals surface area (Å²) in [5.41, 5.74) is 7.04. The second-order valence-electron chi connectivity index (χ2n) is 14.6. The van der Waals surface area contributed by atoms with E-state index in [9.17, 15) is 0 Å². The molecule has 0 fully saturated rings. The summed E-state index contributed by atoms with van der Waals surface area (Å²) in [5, 5.41) is 7.22. The number of methoxy groups -OCH3 is 1. The van der Waals surface area contributed by atoms with Crippen LogP contribution < -0.4 is 0 Å². The highest BCUT2D eigenvalue weighted by molar-refractivity contribution is 8.06. The molecule has 1 aromatic heterocycles. The third-order valence-corrected chi connectivity index (χ3v) is 15.8. The van der Waals surface area contributed by atoms with Crippen LogP contribution in [0, 0.1) is 11.8 Å². The molecule has 2 unspecified atom stereocenters. The van der Waals surface area contributed by atoms with Crippen molar-refractivity contribution in [3.8, 4) is 0 Å². The van der Waals surface area contributed by atoms with Gasteiger partial charge in [0, 0.05) is 45.9 Å². The molecule has 1 aromatic carbocycles. The van der Waals surface area contributed by atoms with Crippen LogP contribution in [0.25, 0.3) is 28.1 Å². The Balaban J connectivity index is 1.88. The van der Waals surface area contributed by atoms with Gasteiger partial charge in [-0.1, -0.05) is 110 Å². The summed E-state index contributed by atoms with van der Waals surface area (Å²) < 4.78 is 5.79. The Bertz CT molecular complexity index is 1640. The minimum atomic E-state index is 0.567. The highest BCUT2D eigenvalue weighted by Crippen LogP contribution is 2.45. The SMILES string of the molecule is C=Cc1sc(COC)c2c(/C(C)=C/S/C(=C\C(=C)C)CCSCC(CC)CCCC)ccc(C3=CSC(CCSCC(CC)CCCC)=CC(=C)N3C)c12. The molecule has 0 saturated heterocycles. The largest absolute Gasteiger partial charge is 0.379 e. The number of allylic oxidation sites excluding steroid dienone is 6. The Hall–Kier alpha value is -1.48. The van der Waals surface area contributed by atoms with Crippen LogP contribution >= 0.6 is 58.4 Å². The molecule has 0 N–H and O–H groups in total. The first-order valence-electron chi connectivity index (χ1n) is 20.2. The molecule has 0 bridgehead atoms. The van der Waals surface area contributed by atoms with Crippen molar-refractivity contribution in [2.45, 2.75) is 112 Å². The number of hydrogen-bond acceptors (Lipinski definition) is 7. The van der Waals surface area contributed by atoms with Crippen molar-refractivity contribution < 1.29 is 4.74 Å². The minimum Gasteiger partial charge on any atom is -0.379 e. The molecule has 298 valence electrons. The van der Waals surface area contributed by atoms with Gasteiger partial charge in [0.1, 0.15) is 0 Å². The maximum absolute atomic E-state index is 5.79. The number of thiophene rings is 1. The molecule has 2 heterocycles. The maximum Gasteiger partial charge on any atom is 0.0812 e. The van der Waals surface area contributed by atoms with Gasteiger partial charge in [-0.2, -0.15) is 23.5 Å². The van der Waals surface area contributed by atoms with Gasteiger partial charge in [0.15, 0.2) is 0 Å². The van der Waals surface area contributed by atoms with E-state index in [1.54, 1.807) is 18.4 Å². The lowest BCUT2D eigenvalue weighted by molar-refractivity contribution is 0.188. The summed E-state index contributed by atoms with van der Waals surface area (Å²) >= 11 is 9.74. The van der Waals surface area contributed by atoms with E-state index >= 15 is 0 Å². The first kappa shape index (κ1) is 46.9. The Morgan fingerprint density at radius 3 is 2.22 bits per heavy atom. The van der Waals surface area contributed by atoms with Crippen LogP contribution in [0.1, 0.15) is 127 Å². The molecule has 2 atom stereocenters. The maximum atomic E-state index is 5.79. The van der Waals surface area contributed by atoms with Gasteiger partial charge in [0.05, 0.1) is 12.3 Å². The lowest BCUT2D eigenvalue weighted by Gasteiger charge is -2.23. The number of likely N-dealkylation sites (N-methyl/N-ethyl adjacent to an activating group) is 1. The van der Waals surface area contributed by atoms with Crippen molar-refractivity contribution >= 4 is 86.5 Å². The number of fused-ring (bicyclic) bond motifs is 1. The van der Waals surface area contributed by atoms with Gasteiger partial charge in [-0.3, -0.25) is 0 Å². The number of unbranched alkanes of at least 4 members (excludes halogenated alkanes) is 2. The summed E-state index contributed by atoms with van der Waals surface area (Å²) in [4.78, 5) is 7.45. The number of benzene rings is 1. The van der Waals surface area contributed by atoms with E-state index < -0.39 is 0 Å². The molecule has 0 amide bonds. The van der Waals surface area contributed by atoms with E-state index in [1.807, 2.05) is 29.6 Å². The van der Waals surface area contributed by atoms with E-state index in [2.05, 4.69) is 132 Å². The van der Waals surface area contributed by atoms with Gasteiger partial charge in [0.2, 0.25) is 0 Å². The van der Waals surface area contributed by atoms with E-state index in [-0.39, 0.29) is 0 Å². The van der Waals surface area contributed by atoms with Crippen LogP contribution in [0.4, 0.5) is 0 Å². The average Bonchev–Trinajstić information content (AvgIpc) is 3.47. The fraction of sp³-hybridized carbons (Fsp3) is 0.532. The lowest BCUT2D eigenvalue weighted by atomic mass is 9.94. The van der Waals surface area contributed by atoms with Crippen LogP contribution in [-0.2, 0) is 11.3 Å². The number of ether oxygens (including phenoxy) is 1. The van der Waals surface area contributed by atoms with E-state index in [4.69, 9.17) is 4.74 Å². The Morgan fingerprint density at radius 2 is 1.63 bits per heavy atom. The van der Waals surface area contributed by atoms with Gasteiger partial charge < -0.3 is 9.64 Å². The number of hydrogen-bond donors (Lipinski definition) is 0. The zero-order valence-electron chi connectivity index (χ0n) is 34.8. The van der Waals surface area contributed by atoms with Crippen LogP contribution in [0.15, 0.2) is 75.9 Å². The average molecular weight is 824 g/mol. The second kappa shape index (κ2) is 25.7. The molecule has 3 rings (SSSR count). The zero-order valence-corrected chi connectivity index (χ0v) is 38.9. The number of nitrogens with zero attached hydrogens (tertiary/aromatic N) is 1. The molecular formula is C47H69NOS5. The quantitative estimate of drug-likeness (QED) is 0.0687. The molecule has 7 heteroatoms. The predicted molar refractivity (Wildman–Crippen MR) is 258 cm³/mol. The molecule has 0 spiro atoms. The van der Waals surface area contributed by atoms with Crippen LogP contribution in [0.2, 0.25) is 0 Å². The highest BCUT2D eigenvalue weighted by atomic mass is 32.2. The van der Waals surface area contributed by atoms with Gasteiger partial charge in [-0.25, -0.2) is 0 Å². The lowest BCUT2D eigenvalue weighted by Crippen LogP contribution is -2.14. The van der Waals surface area contributed by atoms with Crippen LogP contribution in [0.3, 0.4) is 0 Å². The summed E-state index contributed by atoms with van der Waals surface area (Å²) in [7, 11) is 3.95. The third-order valence-electron chi connectivity index (χ3n) is 10.1. The number of thioether (sulfide) groups is 4. The van der Waals surface area contributed by atoms with Crippen molar-refractivity contribution in [1.29, 1.82) is 0 Å². The van der Waals surface area contributed by atoms with Crippen LogP contribution in [-0.4, -0.2) is 42.1 Å². The topological polar surface area (TPSA) is 12.5 Å². The van der Waals surface area contributed by atoms with Crippen molar-refractivity contribution in [2.24, 2.45) is 11.8 Å². The Labute approximate surface area is 352 Å². The molecule has 2 nitrogen and oxygen atoms in total. The van der Waals surface area contributed by atoms with Gasteiger partial charge in [0.25, 0.3) is 0 Å². The molecule has 2 aromatic rings. The summed E-state index contributed by atoms with van der Waals surface area (Å²) in [5.74, 6) is 6.50. The van der Waals surface area contributed by atoms with E-state index in [0.717, 1.165) is 47.5 Å². The molecule has 0 aliphatic carbocycles. The summed E-state index contributed by atoms with van der Waals surface area (Å²) in [6.07, 6.45) is 19.3. The first-order chi connectivity index (χ1) is 26.1. The molecule has 1 aliphatic heterocycles. The number of rotatable bonds is 26. The van der Waals surface area contributed by atoms with Crippen molar-refractivity contribution in [3.63, 3.8) is 0 Å². The normalized spacial score (nSPS) is 15.3. The standard InChI is InChI=1S/C47H69NOS5/c1-12-17-19-37(14-3)31-50-25-23-39(27-34(6)7)52-30-35(8)41-21-22-42(47-44(16-5)54-45(29-49-11)46(41)47)43-33-53-40(28-36(9)48(43)10)24-26-51-32-38(15-4)20-18-13-2/h16,21-22,27-28,30,33,37-38H,5-6,9,12-15,17-20,23-26,29,31-32H2,1-4,7-8,10-11H3/b35-30+,39-27-. The fourth-order valence-electron chi connectivity index (χ4n) is 6.67. The molecule has 0 radical (unpaired) electrons. The van der Waals surface area contributed by atoms with Crippen molar-refractivity contribution in [2.75, 3.05) is 37.2 Å². The van der Waals surface area contributed by atoms with Gasteiger partial charge >= 0.3 is 0 Å². The van der Waals surface area contributed by atoms with Crippen molar-refractivity contribution in [1.82, 2.24) is 4.90 Å². The predicted octanol–water partition coefficient (Wildman–Crippen LogP) is 16.3. The van der Waals surface area contributed by atoms with Gasteiger partial charge in [-0.15, -0.1) is 34.9 Å². The van der Waals surface area contributed by atoms with Crippen LogP contribution in [0.5, 0.6) is 0 Å². The Morgan fingerprint density at radius 1 is 0.963 bits per heavy atom. The molecule has 1 aliphatic rings. The van der Waals surface area contributed by atoms with Crippen molar-refractivity contribution in [3.05, 3.63) is 96.8 Å². The van der Waals surface area contributed by atoms with E-state index in [0.29, 0.717) is 6.61 Å². The van der Waals surface area contributed by atoms with Gasteiger partial charge in [-0.05, 0) is 118 Å².